The van der Waals surface area contributed by atoms with Gasteiger partial charge in [-0.25, -0.2) is 9.59 Å². The molecule has 0 radical (unpaired) electrons. The average molecular weight is 638 g/mol. The summed E-state index contributed by atoms with van der Waals surface area (Å²) in [5.41, 5.74) is 2.28. The van der Waals surface area contributed by atoms with Gasteiger partial charge in [0.2, 0.25) is 6.54 Å². The maximum Gasteiger partial charge on any atom is 0.372 e. The Morgan fingerprint density at radius 3 is 2.07 bits per heavy atom. The molecule has 3 aliphatic rings. The topological polar surface area (TPSA) is 95.1 Å². The molecule has 2 heterocycles. The molecule has 1 aromatic rings. The Balaban J connectivity index is 1.74. The van der Waals surface area contributed by atoms with E-state index in [1.165, 1.54) is 0 Å². The van der Waals surface area contributed by atoms with E-state index in [1.807, 2.05) is 32.2 Å². The van der Waals surface area contributed by atoms with Crippen molar-refractivity contribution in [1.29, 1.82) is 0 Å². The molecule has 0 aromatic carbocycles. The van der Waals surface area contributed by atoms with Gasteiger partial charge in [-0.05, 0) is 88.0 Å². The Morgan fingerprint density at radius 1 is 0.913 bits per heavy atom. The van der Waals surface area contributed by atoms with Crippen LogP contribution in [0.25, 0.3) is 0 Å². The highest BCUT2D eigenvalue weighted by Gasteiger charge is 2.46. The quantitative estimate of drug-likeness (QED) is 0.156. The third kappa shape index (κ3) is 8.46. The van der Waals surface area contributed by atoms with Gasteiger partial charge in [-0.3, -0.25) is 9.79 Å². The summed E-state index contributed by atoms with van der Waals surface area (Å²) in [6, 6.07) is 3.75. The second-order valence-corrected chi connectivity index (χ2v) is 14.9. The van der Waals surface area contributed by atoms with Gasteiger partial charge >= 0.3 is 17.9 Å². The van der Waals surface area contributed by atoms with Crippen molar-refractivity contribution in [2.75, 3.05) is 6.61 Å². The minimum atomic E-state index is -0.805. The fraction of sp³-hybridized carbons (Fsp3) is 0.711. The van der Waals surface area contributed by atoms with E-state index in [0.717, 1.165) is 44.1 Å². The predicted octanol–water partition coefficient (Wildman–Crippen LogP) is 6.99. The maximum absolute atomic E-state index is 14.4. The highest BCUT2D eigenvalue weighted by molar-refractivity contribution is 6.07. The summed E-state index contributed by atoms with van der Waals surface area (Å²) in [5, 5.41) is 0. The molecule has 1 aromatic heterocycles. The zero-order valence-electron chi connectivity index (χ0n) is 29.6. The fourth-order valence-corrected chi connectivity index (χ4v) is 8.07. The van der Waals surface area contributed by atoms with Crippen LogP contribution in [0.15, 0.2) is 40.8 Å². The molecule has 1 aliphatic heterocycles. The SMILES string of the molecule is CCOC(=O)C[n+]1cccc(C2C(C(=O)OC3CC(C)CCC3C(C)C)=C(C)N=C(C)C2C(=O)OC2CC(C)CCC2C(C)C)c1. The van der Waals surface area contributed by atoms with Crippen LogP contribution in [0.2, 0.25) is 0 Å². The minimum absolute atomic E-state index is 0.0190. The van der Waals surface area contributed by atoms with Crippen LogP contribution in [0.3, 0.4) is 0 Å². The summed E-state index contributed by atoms with van der Waals surface area (Å²) in [7, 11) is 0. The molecule has 0 N–H and O–H groups in total. The van der Waals surface area contributed by atoms with Crippen LogP contribution in [0.5, 0.6) is 0 Å². The first-order chi connectivity index (χ1) is 21.8. The van der Waals surface area contributed by atoms with Crippen molar-refractivity contribution in [3.05, 3.63) is 41.4 Å². The molecule has 8 heteroatoms. The van der Waals surface area contributed by atoms with E-state index in [-0.39, 0.29) is 49.1 Å². The van der Waals surface area contributed by atoms with E-state index < -0.39 is 17.8 Å². The summed E-state index contributed by atoms with van der Waals surface area (Å²) >= 11 is 0. The van der Waals surface area contributed by atoms with Gasteiger partial charge in [0.1, 0.15) is 18.1 Å². The third-order valence-corrected chi connectivity index (χ3v) is 10.6. The van der Waals surface area contributed by atoms with E-state index in [2.05, 4.69) is 41.5 Å². The third-order valence-electron chi connectivity index (χ3n) is 10.6. The number of pyridine rings is 1. The number of aliphatic imine (C=N–C) groups is 1. The highest BCUT2D eigenvalue weighted by atomic mass is 16.6. The maximum atomic E-state index is 14.4. The van der Waals surface area contributed by atoms with Crippen molar-refractivity contribution in [3.8, 4) is 0 Å². The molecule has 2 fully saturated rings. The monoisotopic (exact) mass is 637 g/mol. The molecule has 0 bridgehead atoms. The standard InChI is InChI=1S/C38H57N2O6/c1-10-44-33(41)21-40-17-11-12-28(20-40)36-34(37(42)45-31-18-24(6)13-15-29(31)22(2)3)26(8)39-27(9)35(36)38(43)46-32-19-25(7)14-16-30(32)23(4)5/h11-12,17,20,22-25,29-32,34,36H,10,13-16,18-19,21H2,1-9H3/q+1. The molecule has 2 saturated carbocycles. The Hall–Kier alpha value is -3.03. The van der Waals surface area contributed by atoms with E-state index in [9.17, 15) is 14.4 Å². The zero-order chi connectivity index (χ0) is 33.7. The van der Waals surface area contributed by atoms with Gasteiger partial charge in [0.25, 0.3) is 0 Å². The number of hydrogen-bond acceptors (Lipinski definition) is 7. The van der Waals surface area contributed by atoms with Gasteiger partial charge in [-0.1, -0.05) is 54.4 Å². The molecule has 254 valence electrons. The van der Waals surface area contributed by atoms with Crippen LogP contribution in [-0.4, -0.2) is 42.4 Å². The molecule has 8 unspecified atom stereocenters. The minimum Gasteiger partial charge on any atom is -0.462 e. The predicted molar refractivity (Wildman–Crippen MR) is 178 cm³/mol. The number of esters is 3. The van der Waals surface area contributed by atoms with Crippen LogP contribution in [-0.2, 0) is 35.1 Å². The Kier molecular flexibility index (Phi) is 12.2. The molecule has 0 amide bonds. The first-order valence-electron chi connectivity index (χ1n) is 17.6. The smallest absolute Gasteiger partial charge is 0.372 e. The Bertz CT molecular complexity index is 1320. The number of hydrogen-bond donors (Lipinski definition) is 0. The first kappa shape index (κ1) is 35.8. The molecule has 0 saturated heterocycles. The number of carbonyl (C=O) groups excluding carboxylic acids is 3. The van der Waals surface area contributed by atoms with Gasteiger partial charge in [-0.15, -0.1) is 0 Å². The summed E-state index contributed by atoms with van der Waals surface area (Å²) < 4.78 is 19.8. The van der Waals surface area contributed by atoms with Crippen molar-refractivity contribution in [1.82, 2.24) is 0 Å². The lowest BCUT2D eigenvalue weighted by atomic mass is 9.74. The van der Waals surface area contributed by atoms with Gasteiger partial charge in [0.05, 0.1) is 12.2 Å². The van der Waals surface area contributed by atoms with Gasteiger partial charge in [0, 0.05) is 29.0 Å². The second-order valence-electron chi connectivity index (χ2n) is 14.9. The molecule has 8 atom stereocenters. The lowest BCUT2D eigenvalue weighted by Gasteiger charge is -2.39. The zero-order valence-corrected chi connectivity index (χ0v) is 29.6. The summed E-state index contributed by atoms with van der Waals surface area (Å²) in [6.45, 7) is 19.0. The van der Waals surface area contributed by atoms with Crippen LogP contribution in [0.4, 0.5) is 0 Å². The largest absolute Gasteiger partial charge is 0.462 e. The number of rotatable bonds is 10. The lowest BCUT2D eigenvalue weighted by Crippen LogP contribution is -2.44. The number of ether oxygens (including phenoxy) is 3. The normalized spacial score (nSPS) is 30.2. The van der Waals surface area contributed by atoms with Gasteiger partial charge < -0.3 is 14.2 Å². The molecule has 4 rings (SSSR count). The number of allylic oxidation sites excluding steroid dienone is 1. The van der Waals surface area contributed by atoms with Gasteiger partial charge in [-0.2, -0.15) is 4.57 Å². The van der Waals surface area contributed by atoms with Crippen molar-refractivity contribution in [2.45, 2.75) is 126 Å². The number of nitrogens with zero attached hydrogens (tertiary/aromatic N) is 2. The molecular formula is C38H57N2O6+. The van der Waals surface area contributed by atoms with Crippen LogP contribution >= 0.6 is 0 Å². The van der Waals surface area contributed by atoms with Crippen molar-refractivity contribution < 1.29 is 33.2 Å². The number of aromatic nitrogens is 1. The second kappa shape index (κ2) is 15.7. The summed E-state index contributed by atoms with van der Waals surface area (Å²) in [5.74, 6) is -0.350. The first-order valence-corrected chi connectivity index (χ1v) is 17.6. The molecule has 2 aliphatic carbocycles. The van der Waals surface area contributed by atoms with Crippen LogP contribution < -0.4 is 4.57 Å². The van der Waals surface area contributed by atoms with Crippen molar-refractivity contribution in [2.24, 2.45) is 46.4 Å². The van der Waals surface area contributed by atoms with Crippen LogP contribution in [0.1, 0.15) is 112 Å². The average Bonchev–Trinajstić information content (AvgIpc) is 2.96. The van der Waals surface area contributed by atoms with Gasteiger partial charge in [0.15, 0.2) is 12.4 Å². The Labute approximate surface area is 276 Å². The van der Waals surface area contributed by atoms with E-state index >= 15 is 0 Å². The summed E-state index contributed by atoms with van der Waals surface area (Å²) in [4.78, 5) is 45.9. The molecule has 8 nitrogen and oxygen atoms in total. The molecular weight excluding hydrogens is 580 g/mol. The van der Waals surface area contributed by atoms with Crippen molar-refractivity contribution in [3.63, 3.8) is 0 Å². The van der Waals surface area contributed by atoms with E-state index in [1.54, 1.807) is 17.7 Å². The molecule has 0 spiro atoms. The fourth-order valence-electron chi connectivity index (χ4n) is 8.07. The number of carbonyl (C=O) groups is 3. The van der Waals surface area contributed by atoms with Crippen LogP contribution in [0, 0.1) is 41.4 Å². The van der Waals surface area contributed by atoms with E-state index in [0.29, 0.717) is 40.7 Å². The molecule has 46 heavy (non-hydrogen) atoms. The van der Waals surface area contributed by atoms with Crippen molar-refractivity contribution >= 4 is 23.6 Å². The highest BCUT2D eigenvalue weighted by Crippen LogP contribution is 2.43. The van der Waals surface area contributed by atoms with E-state index in [4.69, 9.17) is 19.2 Å². The Morgan fingerprint density at radius 2 is 1.50 bits per heavy atom. The lowest BCUT2D eigenvalue weighted by molar-refractivity contribution is -0.686. The summed E-state index contributed by atoms with van der Waals surface area (Å²) in [6.07, 6.45) is 9.18.